The number of nitrogens with one attached hydrogen (secondary N) is 4. The highest BCUT2D eigenvalue weighted by Crippen LogP contribution is 2.26. The van der Waals surface area contributed by atoms with E-state index in [9.17, 15) is 48.6 Å². The number of carboxylic acids is 1. The van der Waals surface area contributed by atoms with Gasteiger partial charge < -0.3 is 36.2 Å². The molecule has 0 unspecified atom stereocenters. The number of halogens is 2. The van der Waals surface area contributed by atoms with Gasteiger partial charge in [0.2, 0.25) is 35.2 Å². The minimum atomic E-state index is -1.88. The number of rotatable bonds is 17. The molecule has 15 nitrogen and oxygen atoms in total. The molecule has 49 heavy (non-hydrogen) atoms. The second kappa shape index (κ2) is 18.5. The average Bonchev–Trinajstić information content (AvgIpc) is 3.02. The number of aliphatic carboxylic acids is 1. The number of hydrogen-bond donors (Lipinski definition) is 6. The predicted octanol–water partition coefficient (Wildman–Crippen LogP) is 1.35. The Kier molecular flexibility index (Phi) is 15.2. The Morgan fingerprint density at radius 3 is 2.00 bits per heavy atom. The summed E-state index contributed by atoms with van der Waals surface area (Å²) >= 11 is 11.8. The number of ketones is 2. The molecule has 0 heterocycles. The number of esters is 1. The van der Waals surface area contributed by atoms with Crippen LogP contribution in [-0.4, -0.2) is 88.1 Å². The van der Waals surface area contributed by atoms with Crippen LogP contribution in [0.5, 0.6) is 5.75 Å². The maximum Gasteiger partial charge on any atom is 0.340 e. The highest BCUT2D eigenvalue weighted by atomic mass is 35.5. The summed E-state index contributed by atoms with van der Waals surface area (Å²) in [7, 11) is 0. The van der Waals surface area contributed by atoms with E-state index in [2.05, 4.69) is 21.3 Å². The van der Waals surface area contributed by atoms with Gasteiger partial charge in [0.15, 0.2) is 6.61 Å². The molecule has 0 fully saturated rings. The predicted molar refractivity (Wildman–Crippen MR) is 175 cm³/mol. The topological polar surface area (TPSA) is 234 Å². The monoisotopic (exact) mass is 722 g/mol. The number of hydrogen-bond acceptors (Lipinski definition) is 10. The minimum absolute atomic E-state index is 0.00502. The number of amides is 4. The number of Topliss-reactive ketones (excluding diaryl/α,β-unsaturated/α-hetero) is 2. The molecule has 0 saturated carbocycles. The van der Waals surface area contributed by atoms with Gasteiger partial charge in [-0.25, -0.2) is 4.79 Å². The Balaban J connectivity index is 2.08. The summed E-state index contributed by atoms with van der Waals surface area (Å²) in [6.07, 6.45) is -0.983. The summed E-state index contributed by atoms with van der Waals surface area (Å²) in [6.45, 7) is 4.56. The third-order valence-electron chi connectivity index (χ3n) is 6.86. The summed E-state index contributed by atoms with van der Waals surface area (Å²) in [5, 5.41) is 28.3. The lowest BCUT2D eigenvalue weighted by Gasteiger charge is -2.27. The van der Waals surface area contributed by atoms with Gasteiger partial charge in [-0.05, 0) is 42.7 Å². The first kappa shape index (κ1) is 40.2. The van der Waals surface area contributed by atoms with E-state index in [4.69, 9.17) is 27.9 Å². The van der Waals surface area contributed by atoms with Crippen molar-refractivity contribution in [2.75, 3.05) is 6.61 Å². The number of phenols is 1. The van der Waals surface area contributed by atoms with Crippen molar-refractivity contribution in [3.63, 3.8) is 0 Å². The highest BCUT2D eigenvalue weighted by molar-refractivity contribution is 6.44. The van der Waals surface area contributed by atoms with Gasteiger partial charge in [0.1, 0.15) is 29.9 Å². The number of aromatic hydroxyl groups is 1. The van der Waals surface area contributed by atoms with Crippen molar-refractivity contribution in [3.8, 4) is 5.75 Å². The number of carboxylic acid groups (broad SMARTS) is 1. The molecule has 0 aliphatic rings. The quantitative estimate of drug-likeness (QED) is 0.101. The van der Waals surface area contributed by atoms with Crippen molar-refractivity contribution in [1.29, 1.82) is 0 Å². The van der Waals surface area contributed by atoms with Crippen molar-refractivity contribution in [3.05, 3.63) is 63.6 Å². The number of carbonyl (C=O) groups excluding carboxylic acids is 7. The van der Waals surface area contributed by atoms with Crippen molar-refractivity contribution >= 4 is 70.3 Å². The molecule has 0 bridgehead atoms. The average molecular weight is 724 g/mol. The standard InChI is InChI=1S/C32H36Cl2N4O11/c1-15(2)27(38-30(46)23(36-17(4)39)12-18-8-10-19(40)11-9-18)31(47)35-16(3)29(45)37-22(13-25(42)43)28(44)24(41)14-49-32(48)20-6-5-7-21(33)26(20)34/h5-11,15-16,22-23,27,40H,12-14H2,1-4H3,(H,35,47)(H,36,39)(H,37,45)(H,38,46)(H,42,43)/t16-,22-,23-,27-/m0/s1. The number of carbonyl (C=O) groups is 8. The molecular weight excluding hydrogens is 687 g/mol. The van der Waals surface area contributed by atoms with E-state index in [0.717, 1.165) is 0 Å². The molecule has 0 aromatic heterocycles. The molecule has 2 aromatic rings. The number of phenolic OH excluding ortho intramolecular Hbond substituents is 1. The van der Waals surface area contributed by atoms with Crippen LogP contribution in [0.3, 0.4) is 0 Å². The zero-order valence-electron chi connectivity index (χ0n) is 26.9. The zero-order valence-corrected chi connectivity index (χ0v) is 28.4. The fraction of sp³-hybridized carbons (Fsp3) is 0.375. The van der Waals surface area contributed by atoms with Crippen LogP contribution in [-0.2, 0) is 44.7 Å². The third-order valence-corrected chi connectivity index (χ3v) is 7.68. The summed E-state index contributed by atoms with van der Waals surface area (Å²) in [6, 6.07) is 4.42. The maximum absolute atomic E-state index is 13.2. The second-order valence-electron chi connectivity index (χ2n) is 11.2. The lowest BCUT2D eigenvalue weighted by atomic mass is 10.0. The van der Waals surface area contributed by atoms with Crippen molar-refractivity contribution in [2.45, 2.75) is 64.7 Å². The largest absolute Gasteiger partial charge is 0.508 e. The zero-order chi connectivity index (χ0) is 37.0. The van der Waals surface area contributed by atoms with Crippen LogP contribution in [0, 0.1) is 5.92 Å². The lowest BCUT2D eigenvalue weighted by molar-refractivity contribution is -0.144. The molecule has 2 rings (SSSR count). The first-order valence-electron chi connectivity index (χ1n) is 14.8. The lowest BCUT2D eigenvalue weighted by Crippen LogP contribution is -2.59. The van der Waals surface area contributed by atoms with Crippen LogP contribution >= 0.6 is 23.2 Å². The summed E-state index contributed by atoms with van der Waals surface area (Å²) < 4.78 is 4.83. The Bertz CT molecular complexity index is 1600. The van der Waals surface area contributed by atoms with E-state index >= 15 is 0 Å². The molecule has 17 heteroatoms. The smallest absolute Gasteiger partial charge is 0.340 e. The van der Waals surface area contributed by atoms with Gasteiger partial charge in [-0.1, -0.05) is 55.2 Å². The molecule has 0 aliphatic carbocycles. The highest BCUT2D eigenvalue weighted by Gasteiger charge is 2.33. The SMILES string of the molecule is CC(=O)N[C@@H](Cc1ccc(O)cc1)C(=O)N[C@H](C(=O)N[C@@H](C)C(=O)N[C@@H](CC(=O)O)C(=O)C(=O)COC(=O)c1cccc(Cl)c1Cl)C(C)C. The molecule has 4 atom stereocenters. The molecule has 6 N–H and O–H groups in total. The number of ether oxygens (including phenoxy) is 1. The van der Waals surface area contributed by atoms with Crippen LogP contribution in [0.1, 0.15) is 50.0 Å². The van der Waals surface area contributed by atoms with E-state index in [1.54, 1.807) is 26.0 Å². The van der Waals surface area contributed by atoms with Crippen LogP contribution in [0.25, 0.3) is 0 Å². The van der Waals surface area contributed by atoms with Crippen molar-refractivity contribution in [1.82, 2.24) is 21.3 Å². The molecule has 0 spiro atoms. The van der Waals surface area contributed by atoms with Gasteiger partial charge in [0.25, 0.3) is 0 Å². The molecule has 4 amide bonds. The van der Waals surface area contributed by atoms with Gasteiger partial charge >= 0.3 is 11.9 Å². The normalized spacial score (nSPS) is 13.2. The Hall–Kier alpha value is -5.02. The van der Waals surface area contributed by atoms with Crippen LogP contribution in [0.4, 0.5) is 0 Å². The molecule has 0 radical (unpaired) electrons. The van der Waals surface area contributed by atoms with Gasteiger partial charge in [-0.2, -0.15) is 0 Å². The summed E-state index contributed by atoms with van der Waals surface area (Å²) in [5.74, 6) is -8.95. The summed E-state index contributed by atoms with van der Waals surface area (Å²) in [4.78, 5) is 100. The van der Waals surface area contributed by atoms with E-state index < -0.39 is 90.2 Å². The van der Waals surface area contributed by atoms with E-state index in [-0.39, 0.29) is 27.8 Å². The molecule has 0 saturated heterocycles. The first-order valence-corrected chi connectivity index (χ1v) is 15.5. The van der Waals surface area contributed by atoms with Crippen molar-refractivity contribution < 1.29 is 53.3 Å². The Labute approximate surface area is 291 Å². The van der Waals surface area contributed by atoms with Crippen LogP contribution in [0.15, 0.2) is 42.5 Å². The van der Waals surface area contributed by atoms with Crippen molar-refractivity contribution in [2.24, 2.45) is 5.92 Å². The van der Waals surface area contributed by atoms with E-state index in [0.29, 0.717) is 5.56 Å². The Morgan fingerprint density at radius 2 is 1.43 bits per heavy atom. The second-order valence-corrected chi connectivity index (χ2v) is 12.0. The fourth-order valence-corrected chi connectivity index (χ4v) is 4.67. The number of benzene rings is 2. The van der Waals surface area contributed by atoms with Crippen LogP contribution in [0.2, 0.25) is 10.0 Å². The third kappa shape index (κ3) is 12.5. The molecule has 264 valence electrons. The van der Waals surface area contributed by atoms with Gasteiger partial charge in [-0.3, -0.25) is 33.6 Å². The van der Waals surface area contributed by atoms with Gasteiger partial charge in [0, 0.05) is 13.3 Å². The van der Waals surface area contributed by atoms with Gasteiger partial charge in [-0.15, -0.1) is 0 Å². The fourth-order valence-electron chi connectivity index (χ4n) is 4.30. The van der Waals surface area contributed by atoms with E-state index in [1.165, 1.54) is 44.2 Å². The molecule has 0 aliphatic heterocycles. The molecular formula is C32H36Cl2N4O11. The van der Waals surface area contributed by atoms with E-state index in [1.807, 2.05) is 0 Å². The summed E-state index contributed by atoms with van der Waals surface area (Å²) in [5.41, 5.74) is 0.420. The minimum Gasteiger partial charge on any atom is -0.508 e. The molecule has 2 aromatic carbocycles. The maximum atomic E-state index is 13.2. The van der Waals surface area contributed by atoms with Gasteiger partial charge in [0.05, 0.1) is 22.0 Å². The Morgan fingerprint density at radius 1 is 0.796 bits per heavy atom. The first-order chi connectivity index (χ1) is 22.9. The van der Waals surface area contributed by atoms with Crippen LogP contribution < -0.4 is 21.3 Å².